The topological polar surface area (TPSA) is 50.3 Å². The van der Waals surface area contributed by atoms with E-state index in [0.29, 0.717) is 13.0 Å². The predicted molar refractivity (Wildman–Crippen MR) is 88.4 cm³/mol. The summed E-state index contributed by atoms with van der Waals surface area (Å²) in [4.78, 5) is 29.5. The molecule has 1 aromatic heterocycles. The van der Waals surface area contributed by atoms with Crippen LogP contribution >= 0.6 is 11.8 Å². The molecule has 1 atom stereocenters. The molecule has 1 aliphatic rings. The normalized spacial score (nSPS) is 18.1. The zero-order chi connectivity index (χ0) is 15.5. The summed E-state index contributed by atoms with van der Waals surface area (Å²) in [6.45, 7) is 2.89. The molecule has 22 heavy (non-hydrogen) atoms. The molecule has 0 N–H and O–H groups in total. The minimum Gasteiger partial charge on any atom is -0.338 e. The van der Waals surface area contributed by atoms with Gasteiger partial charge in [-0.3, -0.25) is 14.6 Å². The second kappa shape index (κ2) is 6.48. The van der Waals surface area contributed by atoms with Crippen LogP contribution in [0.4, 0.5) is 0 Å². The van der Waals surface area contributed by atoms with Crippen LogP contribution in [0.3, 0.4) is 0 Å². The average Bonchev–Trinajstić information content (AvgIpc) is 2.85. The van der Waals surface area contributed by atoms with Crippen LogP contribution in [0.2, 0.25) is 0 Å². The molecule has 1 unspecified atom stereocenters. The molecule has 2 aromatic rings. The molecule has 1 aliphatic heterocycles. The Hall–Kier alpha value is -1.88. The van der Waals surface area contributed by atoms with Crippen LogP contribution in [0, 0.1) is 5.92 Å². The Labute approximate surface area is 133 Å². The zero-order valence-corrected chi connectivity index (χ0v) is 13.3. The first-order chi connectivity index (χ1) is 10.6. The van der Waals surface area contributed by atoms with Gasteiger partial charge >= 0.3 is 0 Å². The molecule has 1 amide bonds. The van der Waals surface area contributed by atoms with Crippen LogP contribution < -0.4 is 0 Å². The van der Waals surface area contributed by atoms with Gasteiger partial charge in [0.25, 0.3) is 0 Å². The van der Waals surface area contributed by atoms with Gasteiger partial charge < -0.3 is 4.90 Å². The van der Waals surface area contributed by atoms with Crippen LogP contribution in [0.15, 0.2) is 36.5 Å². The summed E-state index contributed by atoms with van der Waals surface area (Å²) < 4.78 is 0. The lowest BCUT2D eigenvalue weighted by Crippen LogP contribution is -2.24. The van der Waals surface area contributed by atoms with E-state index >= 15 is 0 Å². The van der Waals surface area contributed by atoms with E-state index in [1.165, 1.54) is 11.8 Å². The molecule has 0 aliphatic carbocycles. The fourth-order valence-corrected chi connectivity index (χ4v) is 3.47. The van der Waals surface area contributed by atoms with Crippen LogP contribution in [0.1, 0.15) is 18.9 Å². The maximum Gasteiger partial charge on any atom is 0.223 e. The van der Waals surface area contributed by atoms with E-state index in [0.717, 1.165) is 28.8 Å². The SMILES string of the molecule is CC(=O)SCC1CC(=O)N(Cc2cnc3ccccc3c2)C1. The fourth-order valence-electron chi connectivity index (χ4n) is 2.78. The van der Waals surface area contributed by atoms with Crippen molar-refractivity contribution < 1.29 is 9.59 Å². The average molecular weight is 314 g/mol. The van der Waals surface area contributed by atoms with E-state index in [4.69, 9.17) is 0 Å². The van der Waals surface area contributed by atoms with Gasteiger partial charge in [0.15, 0.2) is 5.12 Å². The van der Waals surface area contributed by atoms with E-state index in [2.05, 4.69) is 11.1 Å². The third-order valence-electron chi connectivity index (χ3n) is 3.84. The third kappa shape index (κ3) is 3.47. The van der Waals surface area contributed by atoms with Gasteiger partial charge in [0, 0.05) is 43.8 Å². The first-order valence-corrected chi connectivity index (χ1v) is 8.35. The molecule has 0 spiro atoms. The molecular weight excluding hydrogens is 296 g/mol. The van der Waals surface area contributed by atoms with E-state index in [1.54, 1.807) is 6.92 Å². The van der Waals surface area contributed by atoms with Crippen molar-refractivity contribution in [3.8, 4) is 0 Å². The number of hydrogen-bond donors (Lipinski definition) is 0. The van der Waals surface area contributed by atoms with Gasteiger partial charge in [-0.1, -0.05) is 30.0 Å². The van der Waals surface area contributed by atoms with Gasteiger partial charge in [-0.2, -0.15) is 0 Å². The summed E-state index contributed by atoms with van der Waals surface area (Å²) in [6.07, 6.45) is 2.38. The highest BCUT2D eigenvalue weighted by atomic mass is 32.2. The van der Waals surface area contributed by atoms with Gasteiger partial charge in [-0.05, 0) is 23.6 Å². The third-order valence-corrected chi connectivity index (χ3v) is 4.88. The highest BCUT2D eigenvalue weighted by Gasteiger charge is 2.29. The summed E-state index contributed by atoms with van der Waals surface area (Å²) >= 11 is 1.31. The molecule has 0 saturated carbocycles. The van der Waals surface area contributed by atoms with E-state index in [-0.39, 0.29) is 16.9 Å². The van der Waals surface area contributed by atoms with Crippen molar-refractivity contribution in [3.63, 3.8) is 0 Å². The van der Waals surface area contributed by atoms with Crippen molar-refractivity contribution in [2.45, 2.75) is 19.9 Å². The standard InChI is InChI=1S/C17H18N2O2S/c1-12(20)22-11-14-7-17(21)19(10-14)9-13-6-15-4-2-3-5-16(15)18-8-13/h2-6,8,14H,7,9-11H2,1H3. The largest absolute Gasteiger partial charge is 0.338 e. The number of likely N-dealkylation sites (tertiary alicyclic amines) is 1. The Balaban J connectivity index is 1.66. The van der Waals surface area contributed by atoms with Crippen LogP contribution in [0.5, 0.6) is 0 Å². The number of rotatable bonds is 4. The Kier molecular flexibility index (Phi) is 4.43. The number of thioether (sulfide) groups is 1. The van der Waals surface area contributed by atoms with Crippen molar-refractivity contribution in [2.24, 2.45) is 5.92 Å². The number of carbonyl (C=O) groups excluding carboxylic acids is 2. The molecule has 5 heteroatoms. The number of benzene rings is 1. The van der Waals surface area contributed by atoms with Crippen molar-refractivity contribution >= 4 is 33.7 Å². The molecule has 2 heterocycles. The summed E-state index contributed by atoms with van der Waals surface area (Å²) in [7, 11) is 0. The van der Waals surface area contributed by atoms with Crippen LogP contribution in [0.25, 0.3) is 10.9 Å². The molecule has 114 valence electrons. The number of para-hydroxylation sites is 1. The lowest BCUT2D eigenvalue weighted by Gasteiger charge is -2.16. The first kappa shape index (κ1) is 15.0. The Morgan fingerprint density at radius 2 is 2.23 bits per heavy atom. The Bertz CT molecular complexity index is 717. The number of pyridine rings is 1. The van der Waals surface area contributed by atoms with Crippen molar-refractivity contribution in [1.82, 2.24) is 9.88 Å². The van der Waals surface area contributed by atoms with Gasteiger partial charge in [-0.15, -0.1) is 0 Å². The summed E-state index contributed by atoms with van der Waals surface area (Å²) in [5.74, 6) is 1.17. The van der Waals surface area contributed by atoms with E-state index in [1.807, 2.05) is 35.4 Å². The van der Waals surface area contributed by atoms with Crippen molar-refractivity contribution in [2.75, 3.05) is 12.3 Å². The number of aromatic nitrogens is 1. The lowest BCUT2D eigenvalue weighted by atomic mass is 10.1. The summed E-state index contributed by atoms with van der Waals surface area (Å²) in [5, 5.41) is 1.21. The number of hydrogen-bond acceptors (Lipinski definition) is 4. The smallest absolute Gasteiger partial charge is 0.223 e. The second-order valence-electron chi connectivity index (χ2n) is 5.68. The van der Waals surface area contributed by atoms with Crippen molar-refractivity contribution in [1.29, 1.82) is 0 Å². The second-order valence-corrected chi connectivity index (χ2v) is 6.88. The van der Waals surface area contributed by atoms with Crippen LogP contribution in [-0.4, -0.2) is 33.2 Å². The van der Waals surface area contributed by atoms with E-state index in [9.17, 15) is 9.59 Å². The zero-order valence-electron chi connectivity index (χ0n) is 12.5. The van der Waals surface area contributed by atoms with Gasteiger partial charge in [0.2, 0.25) is 5.91 Å². The molecule has 1 fully saturated rings. The first-order valence-electron chi connectivity index (χ1n) is 7.36. The monoisotopic (exact) mass is 314 g/mol. The van der Waals surface area contributed by atoms with Gasteiger partial charge in [0.1, 0.15) is 0 Å². The van der Waals surface area contributed by atoms with Gasteiger partial charge in [0.05, 0.1) is 5.52 Å². The number of nitrogens with zero attached hydrogens (tertiary/aromatic N) is 2. The maximum absolute atomic E-state index is 12.1. The summed E-state index contributed by atoms with van der Waals surface area (Å²) in [6, 6.07) is 10.1. The van der Waals surface area contributed by atoms with Crippen molar-refractivity contribution in [3.05, 3.63) is 42.1 Å². The molecule has 3 rings (SSSR count). The number of amides is 1. The molecule has 1 saturated heterocycles. The predicted octanol–water partition coefficient (Wildman–Crippen LogP) is 2.86. The molecular formula is C17H18N2O2S. The minimum absolute atomic E-state index is 0.115. The van der Waals surface area contributed by atoms with E-state index < -0.39 is 0 Å². The number of carbonyl (C=O) groups is 2. The molecule has 0 radical (unpaired) electrons. The minimum atomic E-state index is 0.115. The Morgan fingerprint density at radius 3 is 3.05 bits per heavy atom. The van der Waals surface area contributed by atoms with Gasteiger partial charge in [-0.25, -0.2) is 0 Å². The lowest BCUT2D eigenvalue weighted by molar-refractivity contribution is -0.128. The summed E-state index contributed by atoms with van der Waals surface area (Å²) in [5.41, 5.74) is 2.02. The highest BCUT2D eigenvalue weighted by Crippen LogP contribution is 2.24. The maximum atomic E-state index is 12.1. The fraction of sp³-hybridized carbons (Fsp3) is 0.353. The number of fused-ring (bicyclic) bond motifs is 1. The molecule has 0 bridgehead atoms. The van der Waals surface area contributed by atoms with Crippen LogP contribution in [-0.2, 0) is 16.1 Å². The molecule has 4 nitrogen and oxygen atoms in total. The quantitative estimate of drug-likeness (QED) is 0.871. The highest BCUT2D eigenvalue weighted by molar-refractivity contribution is 8.13. The molecule has 1 aromatic carbocycles. The Morgan fingerprint density at radius 1 is 1.41 bits per heavy atom.